The number of aromatic amines is 1. The summed E-state index contributed by atoms with van der Waals surface area (Å²) in [5.74, 6) is -3.98. The van der Waals surface area contributed by atoms with Crippen LogP contribution < -0.4 is 5.73 Å². The lowest BCUT2D eigenvalue weighted by Gasteiger charge is -2.22. The molecule has 1 heterocycles. The zero-order chi connectivity index (χ0) is 15.4. The Hall–Kier alpha value is -1.50. The fourth-order valence-electron chi connectivity index (χ4n) is 2.87. The molecule has 0 fully saturated rings. The SMILES string of the molecule is NC(=O)Cc1cc(F)c(Br)c2c3c([nH]c12)CCC(F)(F)C3. The van der Waals surface area contributed by atoms with Gasteiger partial charge in [-0.05, 0) is 39.5 Å². The monoisotopic (exact) mass is 360 g/mol. The number of aryl methyl sites for hydroxylation is 1. The summed E-state index contributed by atoms with van der Waals surface area (Å²) in [5, 5.41) is 0.389. The molecule has 1 aromatic heterocycles. The molecule has 0 radical (unpaired) electrons. The van der Waals surface area contributed by atoms with Crippen molar-refractivity contribution < 1.29 is 18.0 Å². The molecule has 0 saturated heterocycles. The van der Waals surface area contributed by atoms with Crippen LogP contribution in [0.25, 0.3) is 10.9 Å². The number of amides is 1. The smallest absolute Gasteiger partial charge is 0.252 e. The summed E-state index contributed by atoms with van der Waals surface area (Å²) in [5.41, 5.74) is 7.14. The first kappa shape index (κ1) is 14.4. The number of primary amides is 1. The maximum atomic E-state index is 14.0. The van der Waals surface area contributed by atoms with Gasteiger partial charge in [0.15, 0.2) is 0 Å². The van der Waals surface area contributed by atoms with E-state index >= 15 is 0 Å². The van der Waals surface area contributed by atoms with Gasteiger partial charge in [0.1, 0.15) is 5.82 Å². The van der Waals surface area contributed by atoms with Gasteiger partial charge in [-0.3, -0.25) is 4.79 Å². The van der Waals surface area contributed by atoms with E-state index in [1.165, 1.54) is 6.07 Å². The number of rotatable bonds is 2. The van der Waals surface area contributed by atoms with Gasteiger partial charge in [0.25, 0.3) is 5.92 Å². The van der Waals surface area contributed by atoms with E-state index in [0.717, 1.165) is 0 Å². The first-order chi connectivity index (χ1) is 9.78. The number of H-pyrrole nitrogens is 1. The minimum absolute atomic E-state index is 0.140. The van der Waals surface area contributed by atoms with Crippen molar-refractivity contribution in [2.75, 3.05) is 0 Å². The highest BCUT2D eigenvalue weighted by atomic mass is 79.9. The fourth-order valence-corrected chi connectivity index (χ4v) is 3.42. The quantitative estimate of drug-likeness (QED) is 0.848. The third kappa shape index (κ3) is 2.43. The zero-order valence-electron chi connectivity index (χ0n) is 10.9. The summed E-state index contributed by atoms with van der Waals surface area (Å²) in [6.07, 6.45) is -0.615. The lowest BCUT2D eigenvalue weighted by molar-refractivity contribution is -0.117. The molecule has 3 nitrogen and oxygen atoms in total. The van der Waals surface area contributed by atoms with Crippen molar-refractivity contribution >= 4 is 32.7 Å². The van der Waals surface area contributed by atoms with E-state index in [9.17, 15) is 18.0 Å². The van der Waals surface area contributed by atoms with Crippen LogP contribution >= 0.6 is 15.9 Å². The molecule has 1 aliphatic rings. The van der Waals surface area contributed by atoms with Crippen molar-refractivity contribution in [3.05, 3.63) is 33.2 Å². The fraction of sp³-hybridized carbons (Fsp3) is 0.357. The largest absolute Gasteiger partial charge is 0.369 e. The Morgan fingerprint density at radius 1 is 1.48 bits per heavy atom. The van der Waals surface area contributed by atoms with Gasteiger partial charge in [0, 0.05) is 23.9 Å². The minimum atomic E-state index is -2.79. The van der Waals surface area contributed by atoms with Crippen LogP contribution in [0, 0.1) is 5.82 Å². The van der Waals surface area contributed by atoms with Crippen molar-refractivity contribution in [2.24, 2.45) is 5.73 Å². The Kier molecular flexibility index (Phi) is 3.27. The van der Waals surface area contributed by atoms with Gasteiger partial charge in [-0.25, -0.2) is 13.2 Å². The second-order valence-corrected chi connectivity index (χ2v) is 6.13. The van der Waals surface area contributed by atoms with E-state index in [0.29, 0.717) is 27.7 Å². The molecular weight excluding hydrogens is 349 g/mol. The molecule has 0 atom stereocenters. The number of fused-ring (bicyclic) bond motifs is 3. The normalized spacial score (nSPS) is 17.0. The highest BCUT2D eigenvalue weighted by Crippen LogP contribution is 2.41. The van der Waals surface area contributed by atoms with Crippen LogP contribution in [0.3, 0.4) is 0 Å². The predicted octanol–water partition coefficient (Wildman–Crippen LogP) is 3.22. The van der Waals surface area contributed by atoms with Crippen LogP contribution in [-0.4, -0.2) is 16.8 Å². The van der Waals surface area contributed by atoms with Gasteiger partial charge in [-0.2, -0.15) is 0 Å². The number of aromatic nitrogens is 1. The number of hydrogen-bond donors (Lipinski definition) is 2. The molecule has 0 bridgehead atoms. The van der Waals surface area contributed by atoms with Gasteiger partial charge in [0.05, 0.1) is 16.4 Å². The number of alkyl halides is 2. The Labute approximate surface area is 126 Å². The Balaban J connectivity index is 2.28. The molecule has 0 aliphatic heterocycles. The van der Waals surface area contributed by atoms with Crippen molar-refractivity contribution in [3.8, 4) is 0 Å². The van der Waals surface area contributed by atoms with Crippen LogP contribution in [0.5, 0.6) is 0 Å². The van der Waals surface area contributed by atoms with E-state index in [1.807, 2.05) is 0 Å². The Bertz CT molecular complexity index is 754. The number of nitrogens with one attached hydrogen (secondary N) is 1. The molecule has 3 N–H and O–H groups in total. The zero-order valence-corrected chi connectivity index (χ0v) is 12.5. The highest BCUT2D eigenvalue weighted by molar-refractivity contribution is 9.10. The van der Waals surface area contributed by atoms with Gasteiger partial charge in [-0.15, -0.1) is 0 Å². The molecule has 1 amide bonds. The molecular formula is C14H12BrF3N2O. The summed E-state index contributed by atoms with van der Waals surface area (Å²) in [6.45, 7) is 0. The lowest BCUT2D eigenvalue weighted by atomic mass is 9.92. The van der Waals surface area contributed by atoms with E-state index in [2.05, 4.69) is 20.9 Å². The molecule has 2 aromatic rings. The summed E-state index contributed by atoms with van der Waals surface area (Å²) < 4.78 is 41.4. The first-order valence-electron chi connectivity index (χ1n) is 6.45. The predicted molar refractivity (Wildman–Crippen MR) is 75.8 cm³/mol. The third-order valence-electron chi connectivity index (χ3n) is 3.78. The van der Waals surface area contributed by atoms with Crippen LogP contribution in [0.2, 0.25) is 0 Å². The average molecular weight is 361 g/mol. The summed E-state index contributed by atoms with van der Waals surface area (Å²) in [4.78, 5) is 14.2. The van der Waals surface area contributed by atoms with Crippen LogP contribution in [0.4, 0.5) is 13.2 Å². The van der Waals surface area contributed by atoms with Crippen LogP contribution in [0.15, 0.2) is 10.5 Å². The molecule has 21 heavy (non-hydrogen) atoms. The molecule has 7 heteroatoms. The molecule has 0 saturated carbocycles. The van der Waals surface area contributed by atoms with Crippen LogP contribution in [-0.2, 0) is 24.1 Å². The molecule has 0 unspecified atom stereocenters. The van der Waals surface area contributed by atoms with Gasteiger partial charge < -0.3 is 10.7 Å². The molecule has 3 rings (SSSR count). The second kappa shape index (κ2) is 4.76. The number of hydrogen-bond acceptors (Lipinski definition) is 1. The lowest BCUT2D eigenvalue weighted by Crippen LogP contribution is -2.25. The maximum Gasteiger partial charge on any atom is 0.252 e. The number of carbonyl (C=O) groups excluding carboxylic acids is 1. The Morgan fingerprint density at radius 2 is 2.19 bits per heavy atom. The van der Waals surface area contributed by atoms with Gasteiger partial charge in [-0.1, -0.05) is 0 Å². The van der Waals surface area contributed by atoms with Crippen molar-refractivity contribution in [2.45, 2.75) is 31.6 Å². The Morgan fingerprint density at radius 3 is 2.86 bits per heavy atom. The summed E-state index contributed by atoms with van der Waals surface area (Å²) in [6, 6.07) is 1.21. The number of halogens is 4. The second-order valence-electron chi connectivity index (χ2n) is 5.34. The summed E-state index contributed by atoms with van der Waals surface area (Å²) in [7, 11) is 0. The van der Waals surface area contributed by atoms with Crippen LogP contribution in [0.1, 0.15) is 23.2 Å². The minimum Gasteiger partial charge on any atom is -0.369 e. The van der Waals surface area contributed by atoms with Crippen molar-refractivity contribution in [1.29, 1.82) is 0 Å². The first-order valence-corrected chi connectivity index (χ1v) is 7.24. The summed E-state index contributed by atoms with van der Waals surface area (Å²) >= 11 is 3.12. The standard InChI is InChI=1S/C14H12BrF3N2O/c15-12-8(16)3-6(4-10(19)21)13-11(12)7-5-14(17,18)2-1-9(7)20-13/h3,20H,1-2,4-5H2,(H2,19,21). The molecule has 112 valence electrons. The average Bonchev–Trinajstić information content (AvgIpc) is 2.72. The van der Waals surface area contributed by atoms with Gasteiger partial charge in [0.2, 0.25) is 5.91 Å². The molecule has 1 aliphatic carbocycles. The van der Waals surface area contributed by atoms with E-state index in [4.69, 9.17) is 5.73 Å². The van der Waals surface area contributed by atoms with Gasteiger partial charge >= 0.3 is 0 Å². The number of carbonyl (C=O) groups is 1. The van der Waals surface area contributed by atoms with Crippen molar-refractivity contribution in [1.82, 2.24) is 4.98 Å². The van der Waals surface area contributed by atoms with E-state index in [-0.39, 0.29) is 23.7 Å². The van der Waals surface area contributed by atoms with Crippen molar-refractivity contribution in [3.63, 3.8) is 0 Å². The number of nitrogens with two attached hydrogens (primary N) is 1. The maximum absolute atomic E-state index is 14.0. The highest BCUT2D eigenvalue weighted by Gasteiger charge is 2.37. The molecule has 0 spiro atoms. The molecule has 1 aromatic carbocycles. The number of benzene rings is 1. The topological polar surface area (TPSA) is 58.9 Å². The third-order valence-corrected chi connectivity index (χ3v) is 4.56. The van der Waals surface area contributed by atoms with E-state index < -0.39 is 24.1 Å². The van der Waals surface area contributed by atoms with E-state index in [1.54, 1.807) is 0 Å².